The number of ether oxygens (including phenoxy) is 2. The lowest BCUT2D eigenvalue weighted by atomic mass is 9.78. The van der Waals surface area contributed by atoms with Gasteiger partial charge in [0.15, 0.2) is 5.69 Å². The molecular weight excluding hydrogens is 396 g/mol. The number of benzene rings is 2. The van der Waals surface area contributed by atoms with E-state index in [1.54, 1.807) is 12.1 Å². The molecule has 5 rings (SSSR count). The SMILES string of the molecule is [C-]#[N+]c1ccc(-n2c(O)c3c(c2O)C2(CCOC(C)=O)CCC3(C)O2)c2ccccc12. The van der Waals surface area contributed by atoms with E-state index in [-0.39, 0.29) is 24.3 Å². The number of hydrogen-bond acceptors (Lipinski definition) is 5. The fourth-order valence-corrected chi connectivity index (χ4v) is 5.25. The minimum Gasteiger partial charge on any atom is -0.494 e. The second-order valence-electron chi connectivity index (χ2n) is 8.41. The van der Waals surface area contributed by atoms with E-state index in [9.17, 15) is 15.0 Å². The van der Waals surface area contributed by atoms with Crippen LogP contribution in [0.4, 0.5) is 5.69 Å². The van der Waals surface area contributed by atoms with Crippen LogP contribution in [0, 0.1) is 6.57 Å². The van der Waals surface area contributed by atoms with Crippen LogP contribution in [0.2, 0.25) is 0 Å². The van der Waals surface area contributed by atoms with Crippen LogP contribution in [0.25, 0.3) is 21.3 Å². The number of fused-ring (bicyclic) bond motifs is 6. The van der Waals surface area contributed by atoms with Crippen molar-refractivity contribution in [2.45, 2.75) is 44.3 Å². The maximum atomic E-state index is 11.3. The number of aromatic hydroxyl groups is 2. The third-order valence-corrected chi connectivity index (χ3v) is 6.58. The zero-order valence-corrected chi connectivity index (χ0v) is 17.3. The molecule has 0 aliphatic carbocycles. The lowest BCUT2D eigenvalue weighted by molar-refractivity contribution is -0.144. The number of aromatic nitrogens is 1. The number of hydrogen-bond donors (Lipinski definition) is 2. The molecule has 2 bridgehead atoms. The van der Waals surface area contributed by atoms with Gasteiger partial charge in [0, 0.05) is 13.3 Å². The molecule has 2 aliphatic heterocycles. The van der Waals surface area contributed by atoms with Crippen molar-refractivity contribution in [3.05, 3.63) is 58.9 Å². The standard InChI is InChI=1S/C24H22N2O5/c1-14(27)30-13-12-24-11-10-23(2,31-24)19-20(24)22(29)26(21(19)28)18-9-8-17(25-3)15-6-4-5-7-16(15)18/h4-9,28-29H,10-13H2,1-2H3. The quantitative estimate of drug-likeness (QED) is 0.470. The molecule has 158 valence electrons. The molecule has 3 heterocycles. The summed E-state index contributed by atoms with van der Waals surface area (Å²) in [5, 5.41) is 24.1. The van der Waals surface area contributed by atoms with Crippen molar-refractivity contribution in [2.24, 2.45) is 0 Å². The Kier molecular flexibility index (Phi) is 4.08. The minimum atomic E-state index is -0.821. The van der Waals surface area contributed by atoms with Crippen LogP contribution in [0.15, 0.2) is 36.4 Å². The summed E-state index contributed by atoms with van der Waals surface area (Å²) in [4.78, 5) is 14.8. The van der Waals surface area contributed by atoms with E-state index >= 15 is 0 Å². The maximum Gasteiger partial charge on any atom is 0.302 e. The molecular formula is C24H22N2O5. The van der Waals surface area contributed by atoms with Gasteiger partial charge in [-0.25, -0.2) is 4.85 Å². The van der Waals surface area contributed by atoms with E-state index in [0.29, 0.717) is 41.8 Å². The number of nitrogens with zero attached hydrogens (tertiary/aromatic N) is 2. The largest absolute Gasteiger partial charge is 0.494 e. The average molecular weight is 418 g/mol. The van der Waals surface area contributed by atoms with Gasteiger partial charge >= 0.3 is 5.97 Å². The van der Waals surface area contributed by atoms with Crippen LogP contribution in [0.5, 0.6) is 11.8 Å². The van der Waals surface area contributed by atoms with Crippen LogP contribution >= 0.6 is 0 Å². The van der Waals surface area contributed by atoms with Crippen LogP contribution in [0.3, 0.4) is 0 Å². The summed E-state index contributed by atoms with van der Waals surface area (Å²) >= 11 is 0. The van der Waals surface area contributed by atoms with Crippen molar-refractivity contribution < 1.29 is 24.5 Å². The Morgan fingerprint density at radius 1 is 1.16 bits per heavy atom. The Bertz CT molecular complexity index is 1290. The molecule has 2 aromatic carbocycles. The molecule has 0 saturated carbocycles. The summed E-state index contributed by atoms with van der Waals surface area (Å²) in [6.45, 7) is 10.9. The third-order valence-electron chi connectivity index (χ3n) is 6.58. The molecule has 1 aromatic heterocycles. The summed E-state index contributed by atoms with van der Waals surface area (Å²) in [5.41, 5.74) is 0.682. The fraction of sp³-hybridized carbons (Fsp3) is 0.333. The van der Waals surface area contributed by atoms with E-state index < -0.39 is 11.2 Å². The summed E-state index contributed by atoms with van der Waals surface area (Å²) in [7, 11) is 0. The molecule has 1 saturated heterocycles. The molecule has 0 spiro atoms. The summed E-state index contributed by atoms with van der Waals surface area (Å²) < 4.78 is 12.9. The smallest absolute Gasteiger partial charge is 0.302 e. The van der Waals surface area contributed by atoms with E-state index in [4.69, 9.17) is 16.0 Å². The number of rotatable bonds is 4. The van der Waals surface area contributed by atoms with E-state index in [2.05, 4.69) is 4.85 Å². The Morgan fingerprint density at radius 3 is 2.58 bits per heavy atom. The zero-order chi connectivity index (χ0) is 22.0. The highest BCUT2D eigenvalue weighted by atomic mass is 16.6. The molecule has 3 aromatic rings. The Hall–Kier alpha value is -3.50. The van der Waals surface area contributed by atoms with Crippen molar-refractivity contribution in [1.29, 1.82) is 0 Å². The molecule has 31 heavy (non-hydrogen) atoms. The van der Waals surface area contributed by atoms with Gasteiger partial charge in [-0.2, -0.15) is 0 Å². The van der Waals surface area contributed by atoms with Gasteiger partial charge in [-0.1, -0.05) is 30.3 Å². The maximum absolute atomic E-state index is 11.3. The average Bonchev–Trinajstić information content (AvgIpc) is 3.32. The van der Waals surface area contributed by atoms with Crippen molar-refractivity contribution in [1.82, 2.24) is 4.57 Å². The first-order chi connectivity index (χ1) is 14.8. The molecule has 7 heteroatoms. The second-order valence-corrected chi connectivity index (χ2v) is 8.41. The highest BCUT2D eigenvalue weighted by Gasteiger charge is 2.61. The van der Waals surface area contributed by atoms with Crippen molar-refractivity contribution >= 4 is 22.4 Å². The van der Waals surface area contributed by atoms with Gasteiger partial charge in [0.2, 0.25) is 11.8 Å². The number of carbonyl (C=O) groups excluding carboxylic acids is 1. The Labute approximate surface area is 179 Å². The van der Waals surface area contributed by atoms with E-state index in [1.165, 1.54) is 11.5 Å². The van der Waals surface area contributed by atoms with Gasteiger partial charge in [0.05, 0.1) is 35.6 Å². The lowest BCUT2D eigenvalue weighted by Gasteiger charge is -2.26. The molecule has 2 unspecified atom stereocenters. The van der Waals surface area contributed by atoms with E-state index in [1.807, 2.05) is 31.2 Å². The van der Waals surface area contributed by atoms with Gasteiger partial charge in [0.25, 0.3) is 0 Å². The zero-order valence-electron chi connectivity index (χ0n) is 17.3. The Balaban J connectivity index is 1.71. The first-order valence-electron chi connectivity index (χ1n) is 10.2. The van der Waals surface area contributed by atoms with Crippen LogP contribution in [0.1, 0.15) is 44.2 Å². The predicted octanol–water partition coefficient (Wildman–Crippen LogP) is 4.78. The topological polar surface area (TPSA) is 85.3 Å². The highest BCUT2D eigenvalue weighted by molar-refractivity contribution is 6.00. The van der Waals surface area contributed by atoms with Crippen LogP contribution in [-0.2, 0) is 25.5 Å². The van der Waals surface area contributed by atoms with Crippen molar-refractivity contribution in [2.75, 3.05) is 6.61 Å². The summed E-state index contributed by atoms with van der Waals surface area (Å²) in [6.07, 6.45) is 1.74. The first kappa shape index (κ1) is 19.5. The monoisotopic (exact) mass is 418 g/mol. The number of carbonyl (C=O) groups is 1. The molecule has 2 N–H and O–H groups in total. The fourth-order valence-electron chi connectivity index (χ4n) is 5.25. The van der Waals surface area contributed by atoms with Gasteiger partial charge in [-0.15, -0.1) is 0 Å². The highest BCUT2D eigenvalue weighted by Crippen LogP contribution is 2.65. The summed E-state index contributed by atoms with van der Waals surface area (Å²) in [6, 6.07) is 10.9. The predicted molar refractivity (Wildman–Crippen MR) is 113 cm³/mol. The molecule has 2 atom stereocenters. The lowest BCUT2D eigenvalue weighted by Crippen LogP contribution is -2.25. The van der Waals surface area contributed by atoms with Gasteiger partial charge in [0.1, 0.15) is 5.60 Å². The normalized spacial score (nSPS) is 23.6. The summed E-state index contributed by atoms with van der Waals surface area (Å²) in [5.74, 6) is -0.518. The molecule has 2 aliphatic rings. The Morgan fingerprint density at radius 2 is 1.87 bits per heavy atom. The minimum absolute atomic E-state index is 0.0650. The number of esters is 1. The van der Waals surface area contributed by atoms with Crippen molar-refractivity contribution in [3.8, 4) is 17.4 Å². The van der Waals surface area contributed by atoms with Gasteiger partial charge in [-0.3, -0.25) is 9.36 Å². The second kappa shape index (κ2) is 6.50. The van der Waals surface area contributed by atoms with Crippen molar-refractivity contribution in [3.63, 3.8) is 0 Å². The first-order valence-corrected chi connectivity index (χ1v) is 10.2. The molecule has 0 radical (unpaired) electrons. The third kappa shape index (κ3) is 2.58. The van der Waals surface area contributed by atoms with Gasteiger partial charge in [-0.05, 0) is 36.6 Å². The molecule has 0 amide bonds. The van der Waals surface area contributed by atoms with Gasteiger partial charge < -0.3 is 19.7 Å². The molecule has 7 nitrogen and oxygen atoms in total. The molecule has 1 fully saturated rings. The van der Waals surface area contributed by atoms with E-state index in [0.717, 1.165) is 10.8 Å². The van der Waals surface area contributed by atoms with Crippen LogP contribution < -0.4 is 0 Å². The van der Waals surface area contributed by atoms with Crippen LogP contribution in [-0.4, -0.2) is 27.4 Å².